The summed E-state index contributed by atoms with van der Waals surface area (Å²) in [4.78, 5) is 25.2. The predicted molar refractivity (Wildman–Crippen MR) is 78.2 cm³/mol. The first kappa shape index (κ1) is 15.2. The van der Waals surface area contributed by atoms with E-state index in [1.807, 2.05) is 0 Å². The highest BCUT2D eigenvalue weighted by Crippen LogP contribution is 2.28. The van der Waals surface area contributed by atoms with Gasteiger partial charge in [-0.2, -0.15) is 0 Å². The molecule has 0 saturated carbocycles. The van der Waals surface area contributed by atoms with Crippen LogP contribution >= 0.6 is 11.6 Å². The van der Waals surface area contributed by atoms with Gasteiger partial charge in [0.2, 0.25) is 0 Å². The molecule has 0 unspecified atom stereocenters. The second kappa shape index (κ2) is 5.65. The Morgan fingerprint density at radius 3 is 2.52 bits per heavy atom. The number of H-pyrrole nitrogens is 1. The van der Waals surface area contributed by atoms with Gasteiger partial charge < -0.3 is 4.98 Å². The van der Waals surface area contributed by atoms with Crippen molar-refractivity contribution in [3.05, 3.63) is 61.3 Å². The first-order valence-electron chi connectivity index (χ1n) is 6.18. The fourth-order valence-electron chi connectivity index (χ4n) is 2.00. The standard InChI is InChI=1S/C14H12ClFN2O3/c1-7(2)13-12(18(20)21)6-9(14(19)17-13)8-3-4-11(16)10(15)5-8/h3-7H,1-2H3,(H,17,19). The van der Waals surface area contributed by atoms with Gasteiger partial charge in [0.1, 0.15) is 5.82 Å². The number of nitro groups is 1. The smallest absolute Gasteiger partial charge is 0.289 e. The highest BCUT2D eigenvalue weighted by atomic mass is 35.5. The average molecular weight is 311 g/mol. The molecule has 2 rings (SSSR count). The van der Waals surface area contributed by atoms with Crippen molar-refractivity contribution in [2.45, 2.75) is 19.8 Å². The highest BCUT2D eigenvalue weighted by molar-refractivity contribution is 6.31. The minimum Gasteiger partial charge on any atom is -0.319 e. The van der Waals surface area contributed by atoms with Crippen molar-refractivity contribution in [1.29, 1.82) is 0 Å². The second-order valence-electron chi connectivity index (χ2n) is 4.85. The summed E-state index contributed by atoms with van der Waals surface area (Å²) < 4.78 is 13.2. The Balaban J connectivity index is 2.70. The lowest BCUT2D eigenvalue weighted by atomic mass is 10.0. The van der Waals surface area contributed by atoms with Crippen molar-refractivity contribution >= 4 is 17.3 Å². The molecule has 0 spiro atoms. The highest BCUT2D eigenvalue weighted by Gasteiger charge is 2.21. The number of hydrogen-bond donors (Lipinski definition) is 1. The van der Waals surface area contributed by atoms with Crippen molar-refractivity contribution in [3.8, 4) is 11.1 Å². The second-order valence-corrected chi connectivity index (χ2v) is 5.26. The topological polar surface area (TPSA) is 76.0 Å². The Kier molecular flexibility index (Phi) is 4.09. The number of halogens is 2. The van der Waals surface area contributed by atoms with E-state index in [0.717, 1.165) is 6.07 Å². The number of nitrogens with zero attached hydrogens (tertiary/aromatic N) is 1. The Labute approximate surface area is 124 Å². The fraction of sp³-hybridized carbons (Fsp3) is 0.214. The molecule has 0 bridgehead atoms. The normalized spacial score (nSPS) is 10.9. The van der Waals surface area contributed by atoms with Crippen LogP contribution in [0, 0.1) is 15.9 Å². The molecule has 0 aliphatic rings. The molecule has 21 heavy (non-hydrogen) atoms. The van der Waals surface area contributed by atoms with Gasteiger partial charge in [0.15, 0.2) is 0 Å². The lowest BCUT2D eigenvalue weighted by molar-refractivity contribution is -0.386. The minimum absolute atomic E-state index is 0.0769. The molecule has 1 heterocycles. The number of nitrogens with one attached hydrogen (secondary N) is 1. The van der Waals surface area contributed by atoms with E-state index < -0.39 is 16.3 Å². The molecule has 2 aromatic rings. The Morgan fingerprint density at radius 2 is 2.00 bits per heavy atom. The summed E-state index contributed by atoms with van der Waals surface area (Å²) in [6, 6.07) is 4.92. The van der Waals surface area contributed by atoms with E-state index in [1.165, 1.54) is 18.2 Å². The molecule has 1 aromatic heterocycles. The van der Waals surface area contributed by atoms with E-state index in [0.29, 0.717) is 5.56 Å². The van der Waals surface area contributed by atoms with Gasteiger partial charge in [0.05, 0.1) is 21.2 Å². The number of rotatable bonds is 3. The van der Waals surface area contributed by atoms with Gasteiger partial charge in [-0.25, -0.2) is 4.39 Å². The minimum atomic E-state index is -0.620. The molecule has 0 amide bonds. The van der Waals surface area contributed by atoms with Gasteiger partial charge in [-0.15, -0.1) is 0 Å². The number of benzene rings is 1. The van der Waals surface area contributed by atoms with Crippen LogP contribution in [-0.4, -0.2) is 9.91 Å². The van der Waals surface area contributed by atoms with Gasteiger partial charge in [0, 0.05) is 12.0 Å². The maximum Gasteiger partial charge on any atom is 0.289 e. The molecule has 0 fully saturated rings. The zero-order valence-electron chi connectivity index (χ0n) is 11.3. The zero-order chi connectivity index (χ0) is 15.7. The van der Waals surface area contributed by atoms with Crippen molar-refractivity contribution in [2.24, 2.45) is 0 Å². The van der Waals surface area contributed by atoms with Crippen LogP contribution < -0.4 is 5.56 Å². The first-order chi connectivity index (χ1) is 9.81. The Bertz CT molecular complexity index is 771. The fourth-order valence-corrected chi connectivity index (χ4v) is 2.18. The number of aromatic nitrogens is 1. The molecule has 1 aromatic carbocycles. The van der Waals surface area contributed by atoms with Gasteiger partial charge >= 0.3 is 0 Å². The van der Waals surface area contributed by atoms with Crippen LogP contribution in [0.3, 0.4) is 0 Å². The monoisotopic (exact) mass is 310 g/mol. The molecular weight excluding hydrogens is 299 g/mol. The van der Waals surface area contributed by atoms with E-state index in [9.17, 15) is 19.3 Å². The van der Waals surface area contributed by atoms with Gasteiger partial charge in [0.25, 0.3) is 11.2 Å². The van der Waals surface area contributed by atoms with Crippen LogP contribution in [0.4, 0.5) is 10.1 Å². The maximum absolute atomic E-state index is 13.2. The first-order valence-corrected chi connectivity index (χ1v) is 6.56. The van der Waals surface area contributed by atoms with E-state index >= 15 is 0 Å². The lowest BCUT2D eigenvalue weighted by Gasteiger charge is -2.08. The molecular formula is C14H12ClFN2O3. The molecule has 0 aliphatic heterocycles. The van der Waals surface area contributed by atoms with E-state index in [1.54, 1.807) is 13.8 Å². The van der Waals surface area contributed by atoms with Gasteiger partial charge in [-0.05, 0) is 17.7 Å². The van der Waals surface area contributed by atoms with Crippen molar-refractivity contribution in [1.82, 2.24) is 4.98 Å². The number of pyridine rings is 1. The van der Waals surface area contributed by atoms with Crippen molar-refractivity contribution in [2.75, 3.05) is 0 Å². The largest absolute Gasteiger partial charge is 0.319 e. The third kappa shape index (κ3) is 2.95. The van der Waals surface area contributed by atoms with Crippen LogP contribution in [-0.2, 0) is 0 Å². The molecule has 0 atom stereocenters. The summed E-state index contributed by atoms with van der Waals surface area (Å²) in [5.41, 5.74) is -0.0111. The molecule has 0 aliphatic carbocycles. The summed E-state index contributed by atoms with van der Waals surface area (Å²) in [6.07, 6.45) is 0. The molecule has 1 N–H and O–H groups in total. The summed E-state index contributed by atoms with van der Waals surface area (Å²) in [5, 5.41) is 11.0. The SMILES string of the molecule is CC(C)c1[nH]c(=O)c(-c2ccc(F)c(Cl)c2)cc1[N+](=O)[O-]. The Morgan fingerprint density at radius 1 is 1.33 bits per heavy atom. The Hall–Kier alpha value is -2.21. The molecule has 0 saturated heterocycles. The van der Waals surface area contributed by atoms with Gasteiger partial charge in [-0.3, -0.25) is 14.9 Å². The molecule has 5 nitrogen and oxygen atoms in total. The third-order valence-corrected chi connectivity index (χ3v) is 3.34. The van der Waals surface area contributed by atoms with Crippen LogP contribution in [0.5, 0.6) is 0 Å². The zero-order valence-corrected chi connectivity index (χ0v) is 12.1. The summed E-state index contributed by atoms with van der Waals surface area (Å²) in [7, 11) is 0. The van der Waals surface area contributed by atoms with Crippen LogP contribution in [0.15, 0.2) is 29.1 Å². The molecule has 0 radical (unpaired) electrons. The van der Waals surface area contributed by atoms with E-state index in [-0.39, 0.29) is 27.9 Å². The average Bonchev–Trinajstić information content (AvgIpc) is 2.41. The summed E-state index contributed by atoms with van der Waals surface area (Å²) >= 11 is 5.68. The maximum atomic E-state index is 13.2. The van der Waals surface area contributed by atoms with E-state index in [4.69, 9.17) is 11.6 Å². The van der Waals surface area contributed by atoms with Crippen molar-refractivity contribution in [3.63, 3.8) is 0 Å². The number of hydrogen-bond acceptors (Lipinski definition) is 3. The molecule has 7 heteroatoms. The third-order valence-electron chi connectivity index (χ3n) is 3.05. The predicted octanol–water partition coefficient (Wildman–Crippen LogP) is 3.87. The number of aromatic amines is 1. The lowest BCUT2D eigenvalue weighted by Crippen LogP contribution is -2.14. The quantitative estimate of drug-likeness (QED) is 0.690. The van der Waals surface area contributed by atoms with Crippen molar-refractivity contribution < 1.29 is 9.31 Å². The summed E-state index contributed by atoms with van der Waals surface area (Å²) in [6.45, 7) is 3.49. The van der Waals surface area contributed by atoms with Crippen LogP contribution in [0.2, 0.25) is 5.02 Å². The van der Waals surface area contributed by atoms with Crippen LogP contribution in [0.1, 0.15) is 25.5 Å². The van der Waals surface area contributed by atoms with Crippen LogP contribution in [0.25, 0.3) is 11.1 Å². The van der Waals surface area contributed by atoms with E-state index in [2.05, 4.69) is 4.98 Å². The van der Waals surface area contributed by atoms with Gasteiger partial charge in [-0.1, -0.05) is 31.5 Å². The summed E-state index contributed by atoms with van der Waals surface area (Å²) in [5.74, 6) is -0.825. The molecule has 110 valence electrons.